The highest BCUT2D eigenvalue weighted by Gasteiger charge is 2.43. The minimum absolute atomic E-state index is 0.0400. The zero-order valence-corrected chi connectivity index (χ0v) is 10.9. The maximum atomic E-state index is 12.2. The van der Waals surface area contributed by atoms with Crippen LogP contribution < -0.4 is 5.32 Å². The Morgan fingerprint density at radius 1 is 1.33 bits per heavy atom. The first kappa shape index (κ1) is 11.8. The van der Waals surface area contributed by atoms with Gasteiger partial charge in [-0.15, -0.1) is 0 Å². The van der Waals surface area contributed by atoms with Crippen LogP contribution in [0.2, 0.25) is 0 Å². The zero-order chi connectivity index (χ0) is 12.9. The molecule has 1 saturated heterocycles. The second kappa shape index (κ2) is 4.11. The maximum absolute atomic E-state index is 12.2. The van der Waals surface area contributed by atoms with Gasteiger partial charge < -0.3 is 5.32 Å². The fourth-order valence-corrected chi connectivity index (χ4v) is 3.50. The predicted molar refractivity (Wildman–Crippen MR) is 67.7 cm³/mol. The number of imide groups is 1. The van der Waals surface area contributed by atoms with Crippen LogP contribution in [0.3, 0.4) is 0 Å². The number of fused-ring (bicyclic) bond motifs is 2. The van der Waals surface area contributed by atoms with E-state index >= 15 is 0 Å². The second-order valence-electron chi connectivity index (χ2n) is 6.16. The van der Waals surface area contributed by atoms with E-state index < -0.39 is 0 Å². The van der Waals surface area contributed by atoms with E-state index in [2.05, 4.69) is 17.5 Å². The summed E-state index contributed by atoms with van der Waals surface area (Å²) < 4.78 is 0. The number of hydrogen-bond acceptors (Lipinski definition) is 2. The Kier molecular flexibility index (Phi) is 2.68. The Hall–Kier alpha value is -1.32. The van der Waals surface area contributed by atoms with E-state index in [1.165, 1.54) is 11.3 Å². The van der Waals surface area contributed by atoms with E-state index in [9.17, 15) is 9.59 Å². The number of hydrogen-bond donors (Lipinski definition) is 1. The Bertz CT molecular complexity index is 416. The quantitative estimate of drug-likeness (QED) is 0.611. The minimum atomic E-state index is -0.327. The summed E-state index contributed by atoms with van der Waals surface area (Å²) >= 11 is 0. The van der Waals surface area contributed by atoms with Crippen molar-refractivity contribution >= 4 is 11.9 Å². The molecule has 3 aliphatic rings. The van der Waals surface area contributed by atoms with E-state index in [0.717, 1.165) is 6.42 Å². The standard InChI is InChI=1S/C14H20N2O2/c1-8(2)12-13(17)16(14(18)15-12)7-11-6-9-3-4-10(11)5-9/h3-4,8-12H,5-7H2,1-2H3,(H,15,18)/t9-,10+,11?,12?/m0/s1. The first-order valence-electron chi connectivity index (χ1n) is 6.86. The number of rotatable bonds is 3. The third-order valence-electron chi connectivity index (χ3n) is 4.56. The molecule has 0 aromatic heterocycles. The third-order valence-corrected chi connectivity index (χ3v) is 4.56. The van der Waals surface area contributed by atoms with Gasteiger partial charge in [0.2, 0.25) is 0 Å². The maximum Gasteiger partial charge on any atom is 0.324 e. The number of urea groups is 1. The normalized spacial score (nSPS) is 38.1. The van der Waals surface area contributed by atoms with E-state index in [1.54, 1.807) is 0 Å². The average molecular weight is 248 g/mol. The summed E-state index contributed by atoms with van der Waals surface area (Å²) in [6, 6.07) is -0.530. The van der Waals surface area contributed by atoms with Crippen LogP contribution in [-0.4, -0.2) is 29.4 Å². The summed E-state index contributed by atoms with van der Waals surface area (Å²) in [5, 5.41) is 2.79. The van der Waals surface area contributed by atoms with Crippen molar-refractivity contribution in [3.8, 4) is 0 Å². The number of allylic oxidation sites excluding steroid dienone is 2. The van der Waals surface area contributed by atoms with Crippen molar-refractivity contribution in [1.29, 1.82) is 0 Å². The monoisotopic (exact) mass is 248 g/mol. The summed E-state index contributed by atoms with van der Waals surface area (Å²) in [7, 11) is 0. The molecule has 1 heterocycles. The Morgan fingerprint density at radius 2 is 2.11 bits per heavy atom. The van der Waals surface area contributed by atoms with Crippen LogP contribution in [0.25, 0.3) is 0 Å². The molecular weight excluding hydrogens is 228 g/mol. The van der Waals surface area contributed by atoms with Gasteiger partial charge in [-0.2, -0.15) is 0 Å². The first-order chi connectivity index (χ1) is 8.56. The molecule has 0 radical (unpaired) electrons. The van der Waals surface area contributed by atoms with Crippen molar-refractivity contribution in [2.24, 2.45) is 23.7 Å². The van der Waals surface area contributed by atoms with E-state index in [1.807, 2.05) is 13.8 Å². The third kappa shape index (κ3) is 1.74. The van der Waals surface area contributed by atoms with Crippen LogP contribution in [0, 0.1) is 23.7 Å². The molecular formula is C14H20N2O2. The van der Waals surface area contributed by atoms with Gasteiger partial charge >= 0.3 is 6.03 Å². The van der Waals surface area contributed by atoms with Crippen molar-refractivity contribution in [3.63, 3.8) is 0 Å². The molecule has 4 atom stereocenters. The summed E-state index contributed by atoms with van der Waals surface area (Å²) in [6.07, 6.45) is 6.88. The minimum Gasteiger partial charge on any atom is -0.326 e. The smallest absolute Gasteiger partial charge is 0.324 e. The average Bonchev–Trinajstić information content (AvgIpc) is 2.98. The number of nitrogens with zero attached hydrogens (tertiary/aromatic N) is 1. The molecule has 1 aliphatic heterocycles. The summed E-state index contributed by atoms with van der Waals surface area (Å²) in [5.74, 6) is 1.85. The molecule has 3 rings (SSSR count). The molecule has 2 aliphatic carbocycles. The highest BCUT2D eigenvalue weighted by atomic mass is 16.2. The molecule has 2 bridgehead atoms. The lowest BCUT2D eigenvalue weighted by molar-refractivity contribution is -0.128. The van der Waals surface area contributed by atoms with Crippen molar-refractivity contribution in [2.45, 2.75) is 32.7 Å². The summed E-state index contributed by atoms with van der Waals surface area (Å²) in [4.78, 5) is 25.5. The molecule has 4 nitrogen and oxygen atoms in total. The van der Waals surface area contributed by atoms with Crippen molar-refractivity contribution < 1.29 is 9.59 Å². The number of carbonyl (C=O) groups is 2. The number of nitrogens with one attached hydrogen (secondary N) is 1. The number of amides is 3. The molecule has 2 unspecified atom stereocenters. The SMILES string of the molecule is CC(C)C1NC(=O)N(CC2C[C@H]3C=C[C@@H]2C3)C1=O. The van der Waals surface area contributed by atoms with Crippen molar-refractivity contribution in [3.05, 3.63) is 12.2 Å². The van der Waals surface area contributed by atoms with Gasteiger partial charge in [-0.1, -0.05) is 26.0 Å². The lowest BCUT2D eigenvalue weighted by Crippen LogP contribution is -2.37. The molecule has 2 fully saturated rings. The predicted octanol–water partition coefficient (Wildman–Crippen LogP) is 1.77. The summed E-state index contributed by atoms with van der Waals surface area (Å²) in [5.41, 5.74) is 0. The molecule has 98 valence electrons. The van der Waals surface area contributed by atoms with E-state index in [0.29, 0.717) is 24.3 Å². The van der Waals surface area contributed by atoms with Crippen LogP contribution >= 0.6 is 0 Å². The fourth-order valence-electron chi connectivity index (χ4n) is 3.50. The van der Waals surface area contributed by atoms with Crippen LogP contribution in [0.5, 0.6) is 0 Å². The molecule has 4 heteroatoms. The van der Waals surface area contributed by atoms with Gasteiger partial charge in [0, 0.05) is 6.54 Å². The highest BCUT2D eigenvalue weighted by Crippen LogP contribution is 2.43. The molecule has 0 aromatic carbocycles. The van der Waals surface area contributed by atoms with Gasteiger partial charge in [0.1, 0.15) is 6.04 Å². The molecule has 0 spiro atoms. The molecule has 1 saturated carbocycles. The Labute approximate surface area is 107 Å². The summed E-state index contributed by atoms with van der Waals surface area (Å²) in [6.45, 7) is 4.53. The van der Waals surface area contributed by atoms with Crippen LogP contribution in [0.15, 0.2) is 12.2 Å². The van der Waals surface area contributed by atoms with E-state index in [4.69, 9.17) is 0 Å². The van der Waals surface area contributed by atoms with Crippen LogP contribution in [0.4, 0.5) is 4.79 Å². The van der Waals surface area contributed by atoms with Crippen molar-refractivity contribution in [2.75, 3.05) is 6.54 Å². The Balaban J connectivity index is 1.68. The van der Waals surface area contributed by atoms with E-state index in [-0.39, 0.29) is 23.9 Å². The first-order valence-corrected chi connectivity index (χ1v) is 6.86. The van der Waals surface area contributed by atoms with Crippen LogP contribution in [0.1, 0.15) is 26.7 Å². The van der Waals surface area contributed by atoms with Gasteiger partial charge in [-0.3, -0.25) is 9.69 Å². The Morgan fingerprint density at radius 3 is 2.61 bits per heavy atom. The second-order valence-corrected chi connectivity index (χ2v) is 6.16. The van der Waals surface area contributed by atoms with Gasteiger partial charge in [-0.05, 0) is 36.5 Å². The molecule has 0 aromatic rings. The lowest BCUT2D eigenvalue weighted by atomic mass is 9.93. The fraction of sp³-hybridized carbons (Fsp3) is 0.714. The lowest BCUT2D eigenvalue weighted by Gasteiger charge is -2.23. The largest absolute Gasteiger partial charge is 0.326 e. The zero-order valence-electron chi connectivity index (χ0n) is 10.9. The topological polar surface area (TPSA) is 49.4 Å². The molecule has 3 amide bonds. The van der Waals surface area contributed by atoms with Gasteiger partial charge in [0.05, 0.1) is 0 Å². The molecule has 18 heavy (non-hydrogen) atoms. The van der Waals surface area contributed by atoms with Gasteiger partial charge in [0.25, 0.3) is 5.91 Å². The molecule has 1 N–H and O–H groups in total. The van der Waals surface area contributed by atoms with Crippen molar-refractivity contribution in [1.82, 2.24) is 10.2 Å². The highest BCUT2D eigenvalue weighted by molar-refractivity contribution is 6.04. The van der Waals surface area contributed by atoms with Crippen LogP contribution in [-0.2, 0) is 4.79 Å². The number of carbonyl (C=O) groups excluding carboxylic acids is 2. The van der Waals surface area contributed by atoms with Gasteiger partial charge in [0.15, 0.2) is 0 Å². The van der Waals surface area contributed by atoms with Gasteiger partial charge in [-0.25, -0.2) is 4.79 Å².